The Kier molecular flexibility index (Phi) is 27.0. The van der Waals surface area contributed by atoms with Gasteiger partial charge in [-0.25, -0.2) is 32.2 Å². The van der Waals surface area contributed by atoms with E-state index in [1.165, 1.54) is 0 Å². The number of nitrogens with two attached hydrogens (primary N) is 1. The second-order valence-electron chi connectivity index (χ2n) is 17.0. The zero-order valence-corrected chi connectivity index (χ0v) is 39.6. The molecule has 364 valence electrons. The molecule has 7 amide bonds. The first-order valence-corrected chi connectivity index (χ1v) is 22.2. The van der Waals surface area contributed by atoms with Gasteiger partial charge < -0.3 is 15.8 Å². The number of hydrogen-bond acceptors (Lipinski definition) is 13. The number of hydroxylamine groups is 5. The Bertz CT molecular complexity index is 1600. The molecule has 0 aliphatic heterocycles. The zero-order chi connectivity index (χ0) is 48.5. The van der Waals surface area contributed by atoms with Crippen LogP contribution in [0.1, 0.15) is 127 Å². The maximum atomic E-state index is 13.6. The Hall–Kier alpha value is -4.89. The fourth-order valence-corrected chi connectivity index (χ4v) is 5.73. The van der Waals surface area contributed by atoms with Crippen molar-refractivity contribution in [2.75, 3.05) is 0 Å². The van der Waals surface area contributed by atoms with E-state index in [4.69, 9.17) is 34.7 Å². The summed E-state index contributed by atoms with van der Waals surface area (Å²) in [5.74, 6) is -6.45. The number of nitrogens with one attached hydrogen (secondary N) is 6. The predicted octanol–water partition coefficient (Wildman–Crippen LogP) is 4.13. The second kappa shape index (κ2) is 30.3. The SMILES string of the molecule is CCC(C)[C@H](NC(=O)OCc1ccccc1)C(=O)NO[C@H](C(=O)NO[C@H](C(=O)NO[C@H](C(=O)NO[C@@H](CC(C)C)C(=O)NO[C@@H](CC(C)C)C(N)=O)C(C)CC)C(C)CC)C(C)CC. The maximum absolute atomic E-state index is 13.6. The molecule has 0 radical (unpaired) electrons. The van der Waals surface area contributed by atoms with Gasteiger partial charge >= 0.3 is 6.09 Å². The highest BCUT2D eigenvalue weighted by atomic mass is 16.7. The summed E-state index contributed by atoms with van der Waals surface area (Å²) in [5, 5.41) is 2.58. The molecule has 1 aromatic rings. The van der Waals surface area contributed by atoms with Crippen molar-refractivity contribution in [3.8, 4) is 0 Å². The van der Waals surface area contributed by atoms with Crippen molar-refractivity contribution in [2.45, 2.75) is 165 Å². The summed E-state index contributed by atoms with van der Waals surface area (Å²) in [6, 6.07) is 7.98. The molecule has 0 aliphatic rings. The Morgan fingerprint density at radius 2 is 0.875 bits per heavy atom. The Balaban J connectivity index is 3.02. The lowest BCUT2D eigenvalue weighted by Crippen LogP contribution is -2.53. The molecular formula is C44H75N7O13. The largest absolute Gasteiger partial charge is 0.445 e. The average molecular weight is 910 g/mol. The minimum Gasteiger partial charge on any atom is -0.445 e. The molecule has 0 bridgehead atoms. The molecule has 4 unspecified atom stereocenters. The molecule has 64 heavy (non-hydrogen) atoms. The van der Waals surface area contributed by atoms with E-state index in [0.717, 1.165) is 5.56 Å². The Labute approximate surface area is 378 Å². The van der Waals surface area contributed by atoms with Crippen LogP contribution >= 0.6 is 0 Å². The van der Waals surface area contributed by atoms with Crippen LogP contribution in [0.25, 0.3) is 0 Å². The molecule has 1 aromatic carbocycles. The van der Waals surface area contributed by atoms with Crippen molar-refractivity contribution in [3.63, 3.8) is 0 Å². The summed E-state index contributed by atoms with van der Waals surface area (Å²) in [6.45, 7) is 21.6. The van der Waals surface area contributed by atoms with E-state index in [0.29, 0.717) is 25.7 Å². The van der Waals surface area contributed by atoms with Crippen molar-refractivity contribution < 1.29 is 62.5 Å². The summed E-state index contributed by atoms with van der Waals surface area (Å²) in [7, 11) is 0. The lowest BCUT2D eigenvalue weighted by Gasteiger charge is -2.28. The highest BCUT2D eigenvalue weighted by molar-refractivity contribution is 5.86. The van der Waals surface area contributed by atoms with Crippen LogP contribution in [0.15, 0.2) is 30.3 Å². The monoisotopic (exact) mass is 910 g/mol. The third-order valence-electron chi connectivity index (χ3n) is 10.7. The molecule has 0 aromatic heterocycles. The first kappa shape index (κ1) is 57.1. The van der Waals surface area contributed by atoms with Gasteiger partial charge in [0.1, 0.15) is 12.6 Å². The van der Waals surface area contributed by atoms with Crippen LogP contribution in [0, 0.1) is 35.5 Å². The standard InChI is InChI=1S/C44H75N7O13/c1-13-27(9)34(46-44(58)59-24-31-20-18-17-19-21-31)40(54)48-62-36(29(11)15-3)42(56)50-64-37(30(12)16-4)43(57)51-63-35(28(10)14-2)41(55)49-61-33(23-26(7)8)39(53)47-60-32(38(45)52)22-25(5)6/h17-21,25-30,32-37H,13-16,22-24H2,1-12H3,(H2,45,52)(H,46,58)(H,47,53)(H,48,54)(H,49,55)(H,50,56)(H,51,57)/t27?,28?,29?,30?,32-,33-,34-,35-,36-,37-/m0/s1. The quantitative estimate of drug-likeness (QED) is 0.0518. The van der Waals surface area contributed by atoms with Gasteiger partial charge in [0, 0.05) is 0 Å². The molecule has 0 spiro atoms. The fraction of sp³-hybridized carbons (Fsp3) is 0.705. The Morgan fingerprint density at radius 1 is 0.500 bits per heavy atom. The minimum absolute atomic E-state index is 0.00256. The normalized spacial score (nSPS) is 16.1. The molecule has 20 heteroatoms. The number of rotatable bonds is 31. The topological polar surface area (TPSA) is 273 Å². The van der Waals surface area contributed by atoms with Gasteiger partial charge in [0.15, 0.2) is 30.5 Å². The summed E-state index contributed by atoms with van der Waals surface area (Å²) in [4.78, 5) is 119. The van der Waals surface area contributed by atoms with E-state index in [2.05, 4.69) is 32.7 Å². The highest BCUT2D eigenvalue weighted by Gasteiger charge is 2.35. The van der Waals surface area contributed by atoms with Gasteiger partial charge in [0.2, 0.25) is 5.91 Å². The molecule has 0 heterocycles. The van der Waals surface area contributed by atoms with Gasteiger partial charge in [-0.15, -0.1) is 0 Å². The van der Waals surface area contributed by atoms with E-state index in [1.54, 1.807) is 53.7 Å². The van der Waals surface area contributed by atoms with Crippen LogP contribution in [-0.4, -0.2) is 78.1 Å². The van der Waals surface area contributed by atoms with E-state index in [-0.39, 0.29) is 37.2 Å². The number of carbonyl (C=O) groups excluding carboxylic acids is 7. The summed E-state index contributed by atoms with van der Waals surface area (Å²) in [5.41, 5.74) is 17.5. The Morgan fingerprint density at radius 3 is 1.28 bits per heavy atom. The van der Waals surface area contributed by atoms with Crippen molar-refractivity contribution >= 4 is 41.5 Å². The van der Waals surface area contributed by atoms with Crippen LogP contribution in [0.4, 0.5) is 4.79 Å². The highest BCUT2D eigenvalue weighted by Crippen LogP contribution is 2.17. The molecule has 8 N–H and O–H groups in total. The third kappa shape index (κ3) is 20.7. The average Bonchev–Trinajstić information content (AvgIpc) is 3.26. The first-order valence-electron chi connectivity index (χ1n) is 22.2. The van der Waals surface area contributed by atoms with E-state index >= 15 is 0 Å². The molecule has 10 atom stereocenters. The second-order valence-corrected chi connectivity index (χ2v) is 17.0. The molecule has 0 saturated carbocycles. The summed E-state index contributed by atoms with van der Waals surface area (Å²) < 4.78 is 5.30. The number of alkyl carbamates (subject to hydrolysis) is 1. The van der Waals surface area contributed by atoms with Crippen molar-refractivity contribution in [2.24, 2.45) is 41.2 Å². The van der Waals surface area contributed by atoms with Crippen LogP contribution in [-0.2, 0) is 64.3 Å². The van der Waals surface area contributed by atoms with E-state index in [9.17, 15) is 33.6 Å². The summed E-state index contributed by atoms with van der Waals surface area (Å²) in [6.07, 6.45) is -4.79. The number of benzene rings is 1. The molecule has 0 saturated heterocycles. The van der Waals surface area contributed by atoms with Gasteiger partial charge in [-0.05, 0) is 53.9 Å². The van der Waals surface area contributed by atoms with Gasteiger partial charge in [0.25, 0.3) is 29.5 Å². The number of carbonyl (C=O) groups is 7. The van der Waals surface area contributed by atoms with Gasteiger partial charge in [-0.2, -0.15) is 0 Å². The van der Waals surface area contributed by atoms with Crippen LogP contribution in [0.5, 0.6) is 0 Å². The maximum Gasteiger partial charge on any atom is 0.408 e. The zero-order valence-electron chi connectivity index (χ0n) is 39.6. The van der Waals surface area contributed by atoms with E-state index in [1.807, 2.05) is 59.7 Å². The lowest BCUT2D eigenvalue weighted by molar-refractivity contribution is -0.179. The minimum atomic E-state index is -1.32. The molecular weight excluding hydrogens is 835 g/mol. The smallest absolute Gasteiger partial charge is 0.408 e. The molecule has 20 nitrogen and oxygen atoms in total. The van der Waals surface area contributed by atoms with Crippen LogP contribution in [0.2, 0.25) is 0 Å². The molecule has 0 fully saturated rings. The predicted molar refractivity (Wildman–Crippen MR) is 235 cm³/mol. The number of primary amides is 1. The molecule has 1 rings (SSSR count). The van der Waals surface area contributed by atoms with E-state index < -0.39 is 95.9 Å². The number of amides is 7. The van der Waals surface area contributed by atoms with Gasteiger partial charge in [-0.1, -0.05) is 139 Å². The molecule has 0 aliphatic carbocycles. The number of hydrogen-bond donors (Lipinski definition) is 7. The van der Waals surface area contributed by atoms with Gasteiger partial charge in [0.05, 0.1) is 0 Å². The lowest BCUT2D eigenvalue weighted by atomic mass is 9.99. The van der Waals surface area contributed by atoms with Gasteiger partial charge in [-0.3, -0.25) is 53.0 Å². The fourth-order valence-electron chi connectivity index (χ4n) is 5.73. The summed E-state index contributed by atoms with van der Waals surface area (Å²) >= 11 is 0. The van der Waals surface area contributed by atoms with Crippen LogP contribution < -0.4 is 38.5 Å². The van der Waals surface area contributed by atoms with Crippen LogP contribution in [0.3, 0.4) is 0 Å². The first-order chi connectivity index (χ1) is 30.2. The number of ether oxygens (including phenoxy) is 1. The van der Waals surface area contributed by atoms with Crippen molar-refractivity contribution in [1.29, 1.82) is 0 Å². The third-order valence-corrected chi connectivity index (χ3v) is 10.7. The van der Waals surface area contributed by atoms with Crippen molar-refractivity contribution in [3.05, 3.63) is 35.9 Å². The van der Waals surface area contributed by atoms with Crippen molar-refractivity contribution in [1.82, 2.24) is 32.7 Å².